The number of carbonyl (C=O) groups is 1. The van der Waals surface area contributed by atoms with Crippen LogP contribution in [-0.4, -0.2) is 18.7 Å². The van der Waals surface area contributed by atoms with Gasteiger partial charge in [-0.25, -0.2) is 4.79 Å². The third-order valence-corrected chi connectivity index (χ3v) is 1.96. The molecule has 0 unspecified atom stereocenters. The first-order chi connectivity index (χ1) is 7.24. The van der Waals surface area contributed by atoms with E-state index in [2.05, 4.69) is 0 Å². The fraction of sp³-hybridized carbons (Fsp3) is 0.417. The van der Waals surface area contributed by atoms with Gasteiger partial charge >= 0.3 is 5.97 Å². The summed E-state index contributed by atoms with van der Waals surface area (Å²) in [5, 5.41) is 0. The van der Waals surface area contributed by atoms with Gasteiger partial charge in [0.2, 0.25) is 0 Å². The van der Waals surface area contributed by atoms with Crippen molar-refractivity contribution in [3.8, 4) is 0 Å². The first kappa shape index (κ1) is 11.7. The van der Waals surface area contributed by atoms with E-state index in [1.807, 2.05) is 30.3 Å². The summed E-state index contributed by atoms with van der Waals surface area (Å²) in [5.74, 6) is -0.312. The van der Waals surface area contributed by atoms with Crippen LogP contribution in [0, 0.1) is 0 Å². The van der Waals surface area contributed by atoms with Crippen molar-refractivity contribution >= 4 is 5.97 Å². The Kier molecular flexibility index (Phi) is 4.84. The number of esters is 1. The van der Waals surface area contributed by atoms with Crippen LogP contribution in [0.1, 0.15) is 19.4 Å². The molecule has 0 saturated heterocycles. The zero-order valence-corrected chi connectivity index (χ0v) is 9.10. The Morgan fingerprint density at radius 1 is 1.33 bits per heavy atom. The second kappa shape index (κ2) is 6.19. The monoisotopic (exact) mass is 208 g/mol. The predicted octanol–water partition coefficient (Wildman–Crippen LogP) is 2.15. The van der Waals surface area contributed by atoms with Gasteiger partial charge in [0.05, 0.1) is 13.2 Å². The first-order valence-electron chi connectivity index (χ1n) is 5.06. The van der Waals surface area contributed by atoms with Gasteiger partial charge in [-0.2, -0.15) is 0 Å². The Morgan fingerprint density at radius 2 is 2.00 bits per heavy atom. The van der Waals surface area contributed by atoms with E-state index in [1.165, 1.54) is 0 Å². The highest BCUT2D eigenvalue weighted by Gasteiger charge is 2.13. The van der Waals surface area contributed by atoms with Gasteiger partial charge in [-0.15, -0.1) is 0 Å². The highest BCUT2D eigenvalue weighted by atomic mass is 16.6. The van der Waals surface area contributed by atoms with Crippen LogP contribution in [-0.2, 0) is 20.9 Å². The molecule has 0 bridgehead atoms. The third kappa shape index (κ3) is 4.13. The van der Waals surface area contributed by atoms with Gasteiger partial charge in [0.25, 0.3) is 0 Å². The minimum Gasteiger partial charge on any atom is -0.464 e. The molecule has 0 heterocycles. The number of benzene rings is 1. The molecule has 0 amide bonds. The maximum Gasteiger partial charge on any atom is 0.334 e. The van der Waals surface area contributed by atoms with Crippen LogP contribution in [0.2, 0.25) is 0 Å². The lowest BCUT2D eigenvalue weighted by Crippen LogP contribution is -2.23. The summed E-state index contributed by atoms with van der Waals surface area (Å²) in [5.41, 5.74) is 1.05. The number of hydrogen-bond donors (Lipinski definition) is 0. The summed E-state index contributed by atoms with van der Waals surface area (Å²) in [7, 11) is 0. The second-order valence-corrected chi connectivity index (χ2v) is 3.19. The van der Waals surface area contributed by atoms with E-state index in [1.54, 1.807) is 13.8 Å². The van der Waals surface area contributed by atoms with Crippen molar-refractivity contribution in [2.24, 2.45) is 0 Å². The Morgan fingerprint density at radius 3 is 2.60 bits per heavy atom. The molecule has 0 fully saturated rings. The molecule has 0 aliphatic carbocycles. The average Bonchev–Trinajstić information content (AvgIpc) is 2.27. The highest BCUT2D eigenvalue weighted by Crippen LogP contribution is 2.04. The summed E-state index contributed by atoms with van der Waals surface area (Å²) in [6.45, 7) is 4.29. The molecule has 0 spiro atoms. The molecule has 1 aromatic rings. The van der Waals surface area contributed by atoms with Crippen LogP contribution in [0.3, 0.4) is 0 Å². The lowest BCUT2D eigenvalue weighted by Gasteiger charge is -2.11. The normalized spacial score (nSPS) is 12.1. The Balaban J connectivity index is 2.34. The number of ether oxygens (including phenoxy) is 2. The Bertz CT molecular complexity index is 295. The van der Waals surface area contributed by atoms with E-state index in [0.717, 1.165) is 5.56 Å². The van der Waals surface area contributed by atoms with Gasteiger partial charge in [-0.05, 0) is 19.4 Å². The SMILES string of the molecule is CCOC(=O)[C@@H](C)OCc1ccccc1. The summed E-state index contributed by atoms with van der Waals surface area (Å²) in [6, 6.07) is 9.73. The number of carbonyl (C=O) groups excluding carboxylic acids is 1. The largest absolute Gasteiger partial charge is 0.464 e. The van der Waals surface area contributed by atoms with Gasteiger partial charge in [0.1, 0.15) is 0 Å². The van der Waals surface area contributed by atoms with Crippen LogP contribution in [0.15, 0.2) is 30.3 Å². The maximum atomic E-state index is 11.2. The molecule has 0 N–H and O–H groups in total. The first-order valence-corrected chi connectivity index (χ1v) is 5.06. The number of rotatable bonds is 5. The van der Waals surface area contributed by atoms with Crippen LogP contribution in [0.4, 0.5) is 0 Å². The van der Waals surface area contributed by atoms with Crippen molar-refractivity contribution in [3.05, 3.63) is 35.9 Å². The van der Waals surface area contributed by atoms with Gasteiger partial charge in [0.15, 0.2) is 6.10 Å². The smallest absolute Gasteiger partial charge is 0.334 e. The molecule has 3 heteroatoms. The lowest BCUT2D eigenvalue weighted by atomic mass is 10.2. The van der Waals surface area contributed by atoms with Crippen molar-refractivity contribution in [2.45, 2.75) is 26.6 Å². The van der Waals surface area contributed by atoms with Crippen LogP contribution >= 0.6 is 0 Å². The Hall–Kier alpha value is -1.35. The predicted molar refractivity (Wildman–Crippen MR) is 57.3 cm³/mol. The molecule has 0 aliphatic heterocycles. The van der Waals surface area contributed by atoms with Crippen LogP contribution < -0.4 is 0 Å². The van der Waals surface area contributed by atoms with Gasteiger partial charge in [-0.3, -0.25) is 0 Å². The van der Waals surface area contributed by atoms with E-state index in [4.69, 9.17) is 9.47 Å². The zero-order chi connectivity index (χ0) is 11.1. The molecule has 15 heavy (non-hydrogen) atoms. The molecular formula is C12H16O3. The summed E-state index contributed by atoms with van der Waals surface area (Å²) in [4.78, 5) is 11.2. The fourth-order valence-corrected chi connectivity index (χ4v) is 1.12. The van der Waals surface area contributed by atoms with Gasteiger partial charge in [-0.1, -0.05) is 30.3 Å². The number of hydrogen-bond acceptors (Lipinski definition) is 3. The van der Waals surface area contributed by atoms with Crippen molar-refractivity contribution in [3.63, 3.8) is 0 Å². The highest BCUT2D eigenvalue weighted by molar-refractivity contribution is 5.74. The van der Waals surface area contributed by atoms with Crippen molar-refractivity contribution in [1.29, 1.82) is 0 Å². The topological polar surface area (TPSA) is 35.5 Å². The molecule has 0 aromatic heterocycles. The van der Waals surface area contributed by atoms with Crippen LogP contribution in [0.5, 0.6) is 0 Å². The van der Waals surface area contributed by atoms with Gasteiger partial charge in [0, 0.05) is 0 Å². The minimum absolute atomic E-state index is 0.312. The van der Waals surface area contributed by atoms with E-state index < -0.39 is 6.10 Å². The van der Waals surface area contributed by atoms with Crippen molar-refractivity contribution in [1.82, 2.24) is 0 Å². The van der Waals surface area contributed by atoms with Crippen LogP contribution in [0.25, 0.3) is 0 Å². The molecular weight excluding hydrogens is 192 g/mol. The van der Waals surface area contributed by atoms with Gasteiger partial charge < -0.3 is 9.47 Å². The van der Waals surface area contributed by atoms with E-state index >= 15 is 0 Å². The maximum absolute atomic E-state index is 11.2. The summed E-state index contributed by atoms with van der Waals surface area (Å²) >= 11 is 0. The Labute approximate surface area is 90.0 Å². The van der Waals surface area contributed by atoms with E-state index in [9.17, 15) is 4.79 Å². The molecule has 0 saturated carbocycles. The molecule has 3 nitrogen and oxygen atoms in total. The standard InChI is InChI=1S/C12H16O3/c1-3-14-12(13)10(2)15-9-11-7-5-4-6-8-11/h4-8,10H,3,9H2,1-2H3/t10-/m1/s1. The quantitative estimate of drug-likeness (QED) is 0.695. The lowest BCUT2D eigenvalue weighted by molar-refractivity contribution is -0.156. The fourth-order valence-electron chi connectivity index (χ4n) is 1.12. The second-order valence-electron chi connectivity index (χ2n) is 3.19. The molecule has 82 valence electrons. The summed E-state index contributed by atoms with van der Waals surface area (Å²) in [6.07, 6.45) is -0.509. The third-order valence-electron chi connectivity index (χ3n) is 1.96. The molecule has 1 rings (SSSR count). The van der Waals surface area contributed by atoms with Crippen molar-refractivity contribution < 1.29 is 14.3 Å². The van der Waals surface area contributed by atoms with E-state index in [0.29, 0.717) is 13.2 Å². The van der Waals surface area contributed by atoms with Crippen molar-refractivity contribution in [2.75, 3.05) is 6.61 Å². The minimum atomic E-state index is -0.509. The average molecular weight is 208 g/mol. The zero-order valence-electron chi connectivity index (χ0n) is 9.10. The molecule has 0 aliphatic rings. The summed E-state index contributed by atoms with van der Waals surface area (Å²) < 4.78 is 10.2. The molecule has 0 radical (unpaired) electrons. The van der Waals surface area contributed by atoms with E-state index in [-0.39, 0.29) is 5.97 Å². The molecule has 1 aromatic carbocycles. The molecule has 1 atom stereocenters.